The highest BCUT2D eigenvalue weighted by molar-refractivity contribution is 5.71. The molecule has 0 amide bonds. The summed E-state index contributed by atoms with van der Waals surface area (Å²) in [6.45, 7) is 6.39. The maximum atomic E-state index is 12.9. The molecule has 0 radical (unpaired) electrons. The minimum atomic E-state index is -0.775. The predicted octanol–water partition coefficient (Wildman–Crippen LogP) is 24.4. The number of hydrogen-bond acceptors (Lipinski definition) is 6. The molecule has 0 saturated heterocycles. The molecule has 0 N–H and O–H groups in total. The summed E-state index contributed by atoms with van der Waals surface area (Å²) in [4.78, 5) is 38.1. The Morgan fingerprint density at radius 3 is 0.744 bits per heavy atom. The quantitative estimate of drug-likeness (QED) is 0.0261. The fourth-order valence-electron chi connectivity index (χ4n) is 10.1. The van der Waals surface area contributed by atoms with Crippen LogP contribution in [0.4, 0.5) is 0 Å². The monoisotopic (exact) mass is 1140 g/mol. The van der Waals surface area contributed by atoms with E-state index >= 15 is 0 Å². The fourth-order valence-corrected chi connectivity index (χ4v) is 10.1. The lowest BCUT2D eigenvalue weighted by Crippen LogP contribution is -2.30. The van der Waals surface area contributed by atoms with Crippen LogP contribution in [0.3, 0.4) is 0 Å². The minimum Gasteiger partial charge on any atom is -0.462 e. The Bertz CT molecular complexity index is 1590. The predicted molar refractivity (Wildman–Crippen MR) is 357 cm³/mol. The molecule has 0 fully saturated rings. The van der Waals surface area contributed by atoms with Gasteiger partial charge in [0, 0.05) is 19.3 Å². The molecule has 0 bridgehead atoms. The lowest BCUT2D eigenvalue weighted by Gasteiger charge is -2.18. The van der Waals surface area contributed by atoms with E-state index in [0.29, 0.717) is 19.3 Å². The molecule has 0 aromatic carbocycles. The zero-order valence-corrected chi connectivity index (χ0v) is 54.2. The Hall–Kier alpha value is -3.67. The second kappa shape index (κ2) is 69.8. The Labute approximate surface area is 508 Å². The molecule has 1 atom stereocenters. The lowest BCUT2D eigenvalue weighted by molar-refractivity contribution is -0.167. The minimum absolute atomic E-state index is 0.0742. The molecule has 1 unspecified atom stereocenters. The van der Waals surface area contributed by atoms with Crippen molar-refractivity contribution in [3.8, 4) is 0 Å². The van der Waals surface area contributed by atoms with Crippen molar-refractivity contribution in [2.24, 2.45) is 0 Å². The third-order valence-corrected chi connectivity index (χ3v) is 15.3. The van der Waals surface area contributed by atoms with E-state index in [1.807, 2.05) is 0 Å². The molecule has 0 saturated carbocycles. The van der Waals surface area contributed by atoms with Crippen LogP contribution in [0.2, 0.25) is 0 Å². The summed E-state index contributed by atoms with van der Waals surface area (Å²) in [5.74, 6) is -0.873. The molecular weight excluding hydrogens is 1010 g/mol. The van der Waals surface area contributed by atoms with Gasteiger partial charge in [-0.2, -0.15) is 0 Å². The van der Waals surface area contributed by atoms with E-state index in [4.69, 9.17) is 14.2 Å². The first-order chi connectivity index (χ1) is 40.5. The summed E-state index contributed by atoms with van der Waals surface area (Å²) in [6, 6.07) is 0. The maximum absolute atomic E-state index is 12.9. The number of esters is 3. The second-order valence-corrected chi connectivity index (χ2v) is 23.4. The number of carbonyl (C=O) groups excluding carboxylic acids is 3. The average molecular weight is 1140 g/mol. The largest absolute Gasteiger partial charge is 0.462 e. The standard InChI is InChI=1S/C76H132O6/c1-4-7-10-13-16-18-20-22-24-26-28-30-32-33-34-35-36-37-38-39-40-41-42-43-45-46-48-50-52-54-56-58-60-63-66-69-75(78)81-72-73(71-80-74(77)68-65-62-15-12-9-6-3)82-76(79)70-67-64-61-59-57-55-53-51-49-47-44-31-29-27-25-23-21-19-17-14-11-8-5-2/h7-8,10-11,16-19,22-25,28-31,73H,4-6,9,12-15,20-21,26-27,32-72H2,1-3H3/b10-7-,11-8-,18-16-,19-17-,24-22-,25-23-,30-28-,31-29-. The molecule has 0 aromatic heterocycles. The number of carbonyl (C=O) groups is 3. The van der Waals surface area contributed by atoms with Crippen LogP contribution in [-0.2, 0) is 28.6 Å². The Morgan fingerprint density at radius 2 is 0.476 bits per heavy atom. The number of allylic oxidation sites excluding steroid dienone is 16. The molecule has 0 rings (SSSR count). The van der Waals surface area contributed by atoms with Gasteiger partial charge in [0.1, 0.15) is 13.2 Å². The van der Waals surface area contributed by atoms with E-state index in [9.17, 15) is 14.4 Å². The lowest BCUT2D eigenvalue weighted by atomic mass is 10.0. The van der Waals surface area contributed by atoms with Crippen molar-refractivity contribution >= 4 is 17.9 Å². The highest BCUT2D eigenvalue weighted by Gasteiger charge is 2.19. The van der Waals surface area contributed by atoms with E-state index in [0.717, 1.165) is 109 Å². The summed E-state index contributed by atoms with van der Waals surface area (Å²) in [5.41, 5.74) is 0. The van der Waals surface area contributed by atoms with Crippen LogP contribution >= 0.6 is 0 Å². The van der Waals surface area contributed by atoms with Crippen LogP contribution in [0.15, 0.2) is 97.2 Å². The first-order valence-corrected chi connectivity index (χ1v) is 35.2. The molecule has 472 valence electrons. The van der Waals surface area contributed by atoms with Crippen molar-refractivity contribution < 1.29 is 28.6 Å². The second-order valence-electron chi connectivity index (χ2n) is 23.4. The third kappa shape index (κ3) is 67.1. The van der Waals surface area contributed by atoms with Gasteiger partial charge < -0.3 is 14.2 Å². The topological polar surface area (TPSA) is 78.9 Å². The van der Waals surface area contributed by atoms with E-state index in [-0.39, 0.29) is 31.1 Å². The molecule has 0 aliphatic carbocycles. The molecule has 0 spiro atoms. The van der Waals surface area contributed by atoms with Crippen molar-refractivity contribution in [3.05, 3.63) is 97.2 Å². The number of hydrogen-bond donors (Lipinski definition) is 0. The zero-order valence-electron chi connectivity index (χ0n) is 54.2. The van der Waals surface area contributed by atoms with Gasteiger partial charge in [0.2, 0.25) is 0 Å². The highest BCUT2D eigenvalue weighted by atomic mass is 16.6. The summed E-state index contributed by atoms with van der Waals surface area (Å²) < 4.78 is 16.8. The maximum Gasteiger partial charge on any atom is 0.306 e. The Balaban J connectivity index is 3.96. The van der Waals surface area contributed by atoms with Crippen molar-refractivity contribution in [1.82, 2.24) is 0 Å². The molecule has 82 heavy (non-hydrogen) atoms. The summed E-state index contributed by atoms with van der Waals surface area (Å²) in [5, 5.41) is 0. The smallest absolute Gasteiger partial charge is 0.306 e. The molecule has 0 heterocycles. The molecule has 0 aromatic rings. The molecule has 6 heteroatoms. The first kappa shape index (κ1) is 78.3. The van der Waals surface area contributed by atoms with Crippen LogP contribution in [0.1, 0.15) is 348 Å². The van der Waals surface area contributed by atoms with E-state index in [1.54, 1.807) is 0 Å². The SMILES string of the molecule is CC/C=C\C/C=C\C/C=C\C/C=C\CCCCCCCCCCCCCCCCCCCCCCCCC(=O)OCC(COC(=O)CCCCCCCC)OC(=O)CCCCCCCCCCCC/C=C\C/C=C\C/C=C\C/C=C\CC. The van der Waals surface area contributed by atoms with Gasteiger partial charge in [-0.25, -0.2) is 0 Å². The number of rotatable bonds is 64. The van der Waals surface area contributed by atoms with Gasteiger partial charge in [-0.05, 0) is 96.3 Å². The van der Waals surface area contributed by atoms with Gasteiger partial charge in [-0.1, -0.05) is 330 Å². The zero-order chi connectivity index (χ0) is 59.2. The van der Waals surface area contributed by atoms with Crippen LogP contribution in [0.5, 0.6) is 0 Å². The van der Waals surface area contributed by atoms with Crippen LogP contribution in [0, 0.1) is 0 Å². The van der Waals surface area contributed by atoms with Gasteiger partial charge in [-0.3, -0.25) is 14.4 Å². The van der Waals surface area contributed by atoms with Crippen LogP contribution in [0.25, 0.3) is 0 Å². The number of unbranched alkanes of at least 4 members (excludes halogenated alkanes) is 37. The Kier molecular flexibility index (Phi) is 66.7. The van der Waals surface area contributed by atoms with Crippen molar-refractivity contribution in [2.45, 2.75) is 354 Å². The van der Waals surface area contributed by atoms with Crippen LogP contribution < -0.4 is 0 Å². The molecular formula is C76H132O6. The van der Waals surface area contributed by atoms with Crippen LogP contribution in [-0.4, -0.2) is 37.2 Å². The van der Waals surface area contributed by atoms with Gasteiger partial charge in [0.15, 0.2) is 6.10 Å². The Morgan fingerprint density at radius 1 is 0.256 bits per heavy atom. The third-order valence-electron chi connectivity index (χ3n) is 15.3. The molecule has 0 aliphatic rings. The van der Waals surface area contributed by atoms with E-state index < -0.39 is 6.10 Å². The average Bonchev–Trinajstić information content (AvgIpc) is 3.47. The van der Waals surface area contributed by atoms with Gasteiger partial charge in [-0.15, -0.1) is 0 Å². The highest BCUT2D eigenvalue weighted by Crippen LogP contribution is 2.18. The summed E-state index contributed by atoms with van der Waals surface area (Å²) >= 11 is 0. The first-order valence-electron chi connectivity index (χ1n) is 35.2. The fraction of sp³-hybridized carbons (Fsp3) is 0.750. The van der Waals surface area contributed by atoms with Crippen molar-refractivity contribution in [3.63, 3.8) is 0 Å². The normalized spacial score (nSPS) is 12.7. The number of ether oxygens (including phenoxy) is 3. The summed E-state index contributed by atoms with van der Waals surface area (Å²) in [6.07, 6.45) is 94.9. The molecule has 6 nitrogen and oxygen atoms in total. The molecule has 0 aliphatic heterocycles. The van der Waals surface area contributed by atoms with Gasteiger partial charge in [0.05, 0.1) is 0 Å². The van der Waals surface area contributed by atoms with E-state index in [2.05, 4.69) is 118 Å². The van der Waals surface area contributed by atoms with Crippen molar-refractivity contribution in [1.29, 1.82) is 0 Å². The summed E-state index contributed by atoms with van der Waals surface area (Å²) in [7, 11) is 0. The van der Waals surface area contributed by atoms with Crippen molar-refractivity contribution in [2.75, 3.05) is 13.2 Å². The van der Waals surface area contributed by atoms with Gasteiger partial charge in [0.25, 0.3) is 0 Å². The van der Waals surface area contributed by atoms with E-state index in [1.165, 1.54) is 199 Å². The van der Waals surface area contributed by atoms with Gasteiger partial charge >= 0.3 is 17.9 Å².